The van der Waals surface area contributed by atoms with E-state index in [1.54, 1.807) is 0 Å². The molecule has 2 unspecified atom stereocenters. The fourth-order valence-corrected chi connectivity index (χ4v) is 2.85. The predicted molar refractivity (Wildman–Crippen MR) is 72.9 cm³/mol. The molecule has 0 aromatic heterocycles. The first-order chi connectivity index (χ1) is 8.24. The summed E-state index contributed by atoms with van der Waals surface area (Å²) in [5, 5.41) is 0. The van der Waals surface area contributed by atoms with E-state index in [9.17, 15) is 0 Å². The zero-order valence-electron chi connectivity index (χ0n) is 11.0. The molecule has 1 fully saturated rings. The van der Waals surface area contributed by atoms with Crippen molar-refractivity contribution in [3.05, 3.63) is 35.4 Å². The van der Waals surface area contributed by atoms with E-state index in [-0.39, 0.29) is 0 Å². The van der Waals surface area contributed by atoms with E-state index in [0.29, 0.717) is 6.04 Å². The normalized spacial score (nSPS) is 22.9. The molecule has 0 bridgehead atoms. The van der Waals surface area contributed by atoms with Crippen LogP contribution in [0.3, 0.4) is 0 Å². The maximum atomic E-state index is 5.98. The van der Waals surface area contributed by atoms with Crippen LogP contribution in [0.5, 0.6) is 0 Å². The van der Waals surface area contributed by atoms with Crippen LogP contribution >= 0.6 is 0 Å². The number of aryl methyl sites for hydroxylation is 1. The van der Waals surface area contributed by atoms with E-state index in [1.165, 1.54) is 37.1 Å². The summed E-state index contributed by atoms with van der Waals surface area (Å²) in [6, 6.07) is 9.18. The molecule has 1 aliphatic heterocycles. The summed E-state index contributed by atoms with van der Waals surface area (Å²) in [4.78, 5) is 2.56. The molecule has 2 N–H and O–H groups in total. The molecule has 0 saturated carbocycles. The minimum absolute atomic E-state index is 0.409. The van der Waals surface area contributed by atoms with Gasteiger partial charge in [0, 0.05) is 19.1 Å². The Bertz CT molecular complexity index is 362. The molecular weight excluding hydrogens is 208 g/mol. The molecular formula is C15H24N2. The first-order valence-corrected chi connectivity index (χ1v) is 6.75. The molecule has 1 aliphatic rings. The highest BCUT2D eigenvalue weighted by atomic mass is 15.2. The first kappa shape index (κ1) is 12.6. The van der Waals surface area contributed by atoms with Gasteiger partial charge in [-0.1, -0.05) is 43.2 Å². The Balaban J connectivity index is 2.11. The van der Waals surface area contributed by atoms with Gasteiger partial charge >= 0.3 is 0 Å². The van der Waals surface area contributed by atoms with E-state index >= 15 is 0 Å². The lowest BCUT2D eigenvalue weighted by Crippen LogP contribution is -2.32. The monoisotopic (exact) mass is 232 g/mol. The summed E-state index contributed by atoms with van der Waals surface area (Å²) < 4.78 is 0. The highest BCUT2D eigenvalue weighted by Gasteiger charge is 2.27. The summed E-state index contributed by atoms with van der Waals surface area (Å²) >= 11 is 0. The van der Waals surface area contributed by atoms with Crippen molar-refractivity contribution in [2.24, 2.45) is 11.7 Å². The highest BCUT2D eigenvalue weighted by molar-refractivity contribution is 5.25. The second kappa shape index (κ2) is 5.65. The van der Waals surface area contributed by atoms with Crippen LogP contribution < -0.4 is 5.73 Å². The van der Waals surface area contributed by atoms with E-state index < -0.39 is 0 Å². The van der Waals surface area contributed by atoms with Gasteiger partial charge in [-0.2, -0.15) is 0 Å². The molecule has 1 aromatic carbocycles. The van der Waals surface area contributed by atoms with Gasteiger partial charge in [-0.25, -0.2) is 0 Å². The molecule has 0 amide bonds. The minimum Gasteiger partial charge on any atom is -0.329 e. The zero-order valence-corrected chi connectivity index (χ0v) is 11.0. The van der Waals surface area contributed by atoms with E-state index in [4.69, 9.17) is 5.73 Å². The lowest BCUT2D eigenvalue weighted by molar-refractivity contribution is 0.241. The van der Waals surface area contributed by atoms with Crippen LogP contribution in [0.2, 0.25) is 0 Å². The fourth-order valence-electron chi connectivity index (χ4n) is 2.85. The molecule has 1 heterocycles. The average molecular weight is 232 g/mol. The fraction of sp³-hybridized carbons (Fsp3) is 0.600. The molecule has 1 aromatic rings. The second-order valence-corrected chi connectivity index (χ2v) is 5.22. The van der Waals surface area contributed by atoms with E-state index in [0.717, 1.165) is 12.5 Å². The summed E-state index contributed by atoms with van der Waals surface area (Å²) in [5.41, 5.74) is 8.68. The first-order valence-electron chi connectivity index (χ1n) is 6.75. The SMILES string of the molecule is CCC1CCN(C(CN)c2cccc(C)c2)C1. The molecule has 0 aliphatic carbocycles. The Morgan fingerprint density at radius 3 is 2.88 bits per heavy atom. The third-order valence-corrected chi connectivity index (χ3v) is 3.99. The Hall–Kier alpha value is -0.860. The zero-order chi connectivity index (χ0) is 12.3. The van der Waals surface area contributed by atoms with Crippen LogP contribution in [0, 0.1) is 12.8 Å². The third kappa shape index (κ3) is 2.88. The van der Waals surface area contributed by atoms with Crippen molar-refractivity contribution in [1.29, 1.82) is 0 Å². The standard InChI is InChI=1S/C15H24N2/c1-3-13-7-8-17(11-13)15(10-16)14-6-4-5-12(2)9-14/h4-6,9,13,15H,3,7-8,10-11,16H2,1-2H3. The number of benzene rings is 1. The number of nitrogens with two attached hydrogens (primary N) is 1. The molecule has 2 nitrogen and oxygen atoms in total. The van der Waals surface area contributed by atoms with Crippen LogP contribution in [0.4, 0.5) is 0 Å². The number of hydrogen-bond donors (Lipinski definition) is 1. The molecule has 1 saturated heterocycles. The number of nitrogens with zero attached hydrogens (tertiary/aromatic N) is 1. The van der Waals surface area contributed by atoms with Gasteiger partial charge in [0.2, 0.25) is 0 Å². The van der Waals surface area contributed by atoms with Crippen molar-refractivity contribution in [3.8, 4) is 0 Å². The van der Waals surface area contributed by atoms with Crippen molar-refractivity contribution in [1.82, 2.24) is 4.90 Å². The van der Waals surface area contributed by atoms with Gasteiger partial charge in [-0.15, -0.1) is 0 Å². The quantitative estimate of drug-likeness (QED) is 0.865. The molecule has 2 rings (SSSR count). The van der Waals surface area contributed by atoms with Crippen LogP contribution in [0.15, 0.2) is 24.3 Å². The van der Waals surface area contributed by atoms with Crippen molar-refractivity contribution >= 4 is 0 Å². The Labute approximate surface area is 105 Å². The topological polar surface area (TPSA) is 29.3 Å². The van der Waals surface area contributed by atoms with Crippen molar-refractivity contribution in [3.63, 3.8) is 0 Å². The summed E-state index contributed by atoms with van der Waals surface area (Å²) in [6.45, 7) is 7.58. The van der Waals surface area contributed by atoms with Gasteiger partial charge in [-0.3, -0.25) is 4.90 Å². The second-order valence-electron chi connectivity index (χ2n) is 5.22. The maximum absolute atomic E-state index is 5.98. The number of likely N-dealkylation sites (tertiary alicyclic amines) is 1. The predicted octanol–water partition coefficient (Wildman–Crippen LogP) is 2.73. The Morgan fingerprint density at radius 1 is 1.47 bits per heavy atom. The summed E-state index contributed by atoms with van der Waals surface area (Å²) in [6.07, 6.45) is 2.63. The van der Waals surface area contributed by atoms with Crippen LogP contribution in [0.1, 0.15) is 36.9 Å². The molecule has 0 radical (unpaired) electrons. The lowest BCUT2D eigenvalue weighted by atomic mass is 10.0. The Morgan fingerprint density at radius 2 is 2.29 bits per heavy atom. The minimum atomic E-state index is 0.409. The van der Waals surface area contributed by atoms with Gasteiger partial charge in [0.1, 0.15) is 0 Å². The van der Waals surface area contributed by atoms with Crippen LogP contribution in [0.25, 0.3) is 0 Å². The van der Waals surface area contributed by atoms with Gasteiger partial charge in [0.15, 0.2) is 0 Å². The van der Waals surface area contributed by atoms with Crippen molar-refractivity contribution in [2.75, 3.05) is 19.6 Å². The van der Waals surface area contributed by atoms with Crippen molar-refractivity contribution in [2.45, 2.75) is 32.7 Å². The third-order valence-electron chi connectivity index (χ3n) is 3.99. The van der Waals surface area contributed by atoms with E-state index in [2.05, 4.69) is 43.0 Å². The average Bonchev–Trinajstić information content (AvgIpc) is 2.79. The smallest absolute Gasteiger partial charge is 0.0470 e. The van der Waals surface area contributed by atoms with E-state index in [1.807, 2.05) is 0 Å². The lowest BCUT2D eigenvalue weighted by Gasteiger charge is -2.27. The molecule has 0 spiro atoms. The molecule has 2 heteroatoms. The van der Waals surface area contributed by atoms with Crippen molar-refractivity contribution < 1.29 is 0 Å². The van der Waals surface area contributed by atoms with Gasteiger partial charge in [0.05, 0.1) is 0 Å². The molecule has 94 valence electrons. The van der Waals surface area contributed by atoms with Crippen LogP contribution in [-0.2, 0) is 0 Å². The van der Waals surface area contributed by atoms with Gasteiger partial charge < -0.3 is 5.73 Å². The number of hydrogen-bond acceptors (Lipinski definition) is 2. The summed E-state index contributed by atoms with van der Waals surface area (Å²) in [5.74, 6) is 0.869. The largest absolute Gasteiger partial charge is 0.329 e. The summed E-state index contributed by atoms with van der Waals surface area (Å²) in [7, 11) is 0. The molecule has 17 heavy (non-hydrogen) atoms. The highest BCUT2D eigenvalue weighted by Crippen LogP contribution is 2.28. The maximum Gasteiger partial charge on any atom is 0.0470 e. The van der Waals surface area contributed by atoms with Crippen LogP contribution in [-0.4, -0.2) is 24.5 Å². The van der Waals surface area contributed by atoms with Gasteiger partial charge in [-0.05, 0) is 31.4 Å². The molecule has 2 atom stereocenters. The number of rotatable bonds is 4. The Kier molecular flexibility index (Phi) is 4.19. The van der Waals surface area contributed by atoms with Gasteiger partial charge in [0.25, 0.3) is 0 Å².